The van der Waals surface area contributed by atoms with E-state index in [-0.39, 0.29) is 6.04 Å². The first-order chi connectivity index (χ1) is 6.15. The van der Waals surface area contributed by atoms with E-state index < -0.39 is 0 Å². The molecule has 0 aromatic carbocycles. The van der Waals surface area contributed by atoms with Crippen LogP contribution < -0.4 is 5.73 Å². The molecule has 0 amide bonds. The first-order valence-electron chi connectivity index (χ1n) is 5.06. The van der Waals surface area contributed by atoms with E-state index in [0.717, 1.165) is 6.54 Å². The van der Waals surface area contributed by atoms with Crippen molar-refractivity contribution < 1.29 is 0 Å². The van der Waals surface area contributed by atoms with Gasteiger partial charge in [-0.15, -0.1) is 0 Å². The van der Waals surface area contributed by atoms with Crippen molar-refractivity contribution in [3.8, 4) is 6.07 Å². The molecule has 1 aliphatic rings. The van der Waals surface area contributed by atoms with Crippen LogP contribution in [0.15, 0.2) is 0 Å². The van der Waals surface area contributed by atoms with Crippen LogP contribution in [0.3, 0.4) is 0 Å². The van der Waals surface area contributed by atoms with Crippen LogP contribution in [0.25, 0.3) is 0 Å². The molecule has 0 aliphatic carbocycles. The summed E-state index contributed by atoms with van der Waals surface area (Å²) >= 11 is 0. The maximum atomic E-state index is 8.64. The standard InChI is InChI=1S/C10H19N3/c1-8-4-3-5-9(2)13(8)7-10(12)6-11/h8-10H,3-5,7,12H2,1-2H3/t8-,9+,10?. The zero-order chi connectivity index (χ0) is 9.84. The van der Waals surface area contributed by atoms with Gasteiger partial charge in [-0.05, 0) is 26.7 Å². The van der Waals surface area contributed by atoms with Crippen LogP contribution >= 0.6 is 0 Å². The third kappa shape index (κ3) is 2.68. The van der Waals surface area contributed by atoms with E-state index in [9.17, 15) is 0 Å². The fourth-order valence-corrected chi connectivity index (χ4v) is 2.10. The molecule has 0 saturated carbocycles. The van der Waals surface area contributed by atoms with Crippen LogP contribution in [-0.2, 0) is 0 Å². The Bertz CT molecular complexity index is 187. The van der Waals surface area contributed by atoms with Crippen molar-refractivity contribution in [1.82, 2.24) is 4.90 Å². The van der Waals surface area contributed by atoms with Gasteiger partial charge in [-0.25, -0.2) is 0 Å². The Balaban J connectivity index is 2.49. The number of rotatable bonds is 2. The molecule has 3 atom stereocenters. The van der Waals surface area contributed by atoms with E-state index in [1.807, 2.05) is 0 Å². The van der Waals surface area contributed by atoms with Gasteiger partial charge in [0.1, 0.15) is 6.04 Å². The first kappa shape index (κ1) is 10.5. The number of nitrogens with zero attached hydrogens (tertiary/aromatic N) is 2. The summed E-state index contributed by atoms with van der Waals surface area (Å²) in [5, 5.41) is 8.64. The molecule has 1 heterocycles. The normalized spacial score (nSPS) is 32.5. The summed E-state index contributed by atoms with van der Waals surface area (Å²) < 4.78 is 0. The van der Waals surface area contributed by atoms with Gasteiger partial charge in [0.2, 0.25) is 0 Å². The highest BCUT2D eigenvalue weighted by atomic mass is 15.2. The molecular weight excluding hydrogens is 162 g/mol. The van der Waals surface area contributed by atoms with Crippen molar-refractivity contribution in [2.75, 3.05) is 6.54 Å². The second-order valence-corrected chi connectivity index (χ2v) is 4.06. The molecule has 1 fully saturated rings. The summed E-state index contributed by atoms with van der Waals surface area (Å²) in [5.41, 5.74) is 5.63. The van der Waals surface area contributed by atoms with E-state index in [4.69, 9.17) is 11.0 Å². The first-order valence-corrected chi connectivity index (χ1v) is 5.06. The van der Waals surface area contributed by atoms with Crippen LogP contribution in [0.2, 0.25) is 0 Å². The minimum absolute atomic E-state index is 0.331. The maximum Gasteiger partial charge on any atom is 0.106 e. The molecule has 2 N–H and O–H groups in total. The van der Waals surface area contributed by atoms with Crippen molar-refractivity contribution in [2.45, 2.75) is 51.2 Å². The lowest BCUT2D eigenvalue weighted by atomic mass is 9.97. The largest absolute Gasteiger partial charge is 0.315 e. The molecule has 1 unspecified atom stereocenters. The van der Waals surface area contributed by atoms with Crippen LogP contribution in [0.5, 0.6) is 0 Å². The van der Waals surface area contributed by atoms with Crippen molar-refractivity contribution in [2.24, 2.45) is 5.73 Å². The molecule has 0 bridgehead atoms. The highest BCUT2D eigenvalue weighted by Gasteiger charge is 2.25. The monoisotopic (exact) mass is 181 g/mol. The molecule has 74 valence electrons. The molecule has 0 radical (unpaired) electrons. The van der Waals surface area contributed by atoms with E-state index in [2.05, 4.69) is 24.8 Å². The Kier molecular flexibility index (Phi) is 3.71. The van der Waals surface area contributed by atoms with Gasteiger partial charge in [0.25, 0.3) is 0 Å². The molecule has 3 heteroatoms. The summed E-state index contributed by atoms with van der Waals surface area (Å²) in [7, 11) is 0. The number of hydrogen-bond acceptors (Lipinski definition) is 3. The smallest absolute Gasteiger partial charge is 0.106 e. The van der Waals surface area contributed by atoms with Crippen LogP contribution in [-0.4, -0.2) is 29.6 Å². The Morgan fingerprint density at radius 3 is 2.46 bits per heavy atom. The average Bonchev–Trinajstić information content (AvgIpc) is 2.11. The van der Waals surface area contributed by atoms with Gasteiger partial charge in [0, 0.05) is 18.6 Å². The molecule has 13 heavy (non-hydrogen) atoms. The van der Waals surface area contributed by atoms with Crippen LogP contribution in [0.4, 0.5) is 0 Å². The molecular formula is C10H19N3. The molecule has 3 nitrogen and oxygen atoms in total. The predicted octanol–water partition coefficient (Wildman–Crippen LogP) is 1.10. The number of likely N-dealkylation sites (tertiary alicyclic amines) is 1. The third-order valence-electron chi connectivity index (χ3n) is 2.95. The zero-order valence-corrected chi connectivity index (χ0v) is 8.53. The van der Waals surface area contributed by atoms with E-state index in [0.29, 0.717) is 12.1 Å². The highest BCUT2D eigenvalue weighted by molar-refractivity contribution is 4.92. The summed E-state index contributed by atoms with van der Waals surface area (Å²) in [4.78, 5) is 2.36. The Labute approximate surface area is 80.5 Å². The Morgan fingerprint density at radius 1 is 1.46 bits per heavy atom. The van der Waals surface area contributed by atoms with Gasteiger partial charge in [-0.2, -0.15) is 5.26 Å². The summed E-state index contributed by atoms with van der Waals surface area (Å²) in [6.07, 6.45) is 3.78. The van der Waals surface area contributed by atoms with E-state index in [1.165, 1.54) is 19.3 Å². The quantitative estimate of drug-likeness (QED) is 0.694. The van der Waals surface area contributed by atoms with Gasteiger partial charge < -0.3 is 5.73 Å². The lowest BCUT2D eigenvalue weighted by Gasteiger charge is -2.39. The second-order valence-electron chi connectivity index (χ2n) is 4.06. The van der Waals surface area contributed by atoms with Crippen LogP contribution in [0, 0.1) is 11.3 Å². The van der Waals surface area contributed by atoms with E-state index in [1.54, 1.807) is 0 Å². The lowest BCUT2D eigenvalue weighted by Crippen LogP contribution is -2.48. The van der Waals surface area contributed by atoms with Gasteiger partial charge in [0.15, 0.2) is 0 Å². The number of piperidine rings is 1. The summed E-state index contributed by atoms with van der Waals surface area (Å²) in [6, 6.07) is 2.93. The Hall–Kier alpha value is -0.590. The fraction of sp³-hybridized carbons (Fsp3) is 0.900. The topological polar surface area (TPSA) is 53.0 Å². The zero-order valence-electron chi connectivity index (χ0n) is 8.53. The number of nitriles is 1. The van der Waals surface area contributed by atoms with Crippen molar-refractivity contribution in [3.05, 3.63) is 0 Å². The van der Waals surface area contributed by atoms with Crippen LogP contribution in [0.1, 0.15) is 33.1 Å². The molecule has 0 spiro atoms. The van der Waals surface area contributed by atoms with Gasteiger partial charge in [-0.3, -0.25) is 4.90 Å². The third-order valence-corrected chi connectivity index (χ3v) is 2.95. The molecule has 1 saturated heterocycles. The lowest BCUT2D eigenvalue weighted by molar-refractivity contribution is 0.102. The van der Waals surface area contributed by atoms with Gasteiger partial charge in [0.05, 0.1) is 6.07 Å². The van der Waals surface area contributed by atoms with Gasteiger partial charge in [-0.1, -0.05) is 6.42 Å². The predicted molar refractivity (Wildman–Crippen MR) is 53.1 cm³/mol. The van der Waals surface area contributed by atoms with Crippen molar-refractivity contribution in [3.63, 3.8) is 0 Å². The van der Waals surface area contributed by atoms with E-state index >= 15 is 0 Å². The van der Waals surface area contributed by atoms with Crippen molar-refractivity contribution >= 4 is 0 Å². The highest BCUT2D eigenvalue weighted by Crippen LogP contribution is 2.21. The van der Waals surface area contributed by atoms with Gasteiger partial charge >= 0.3 is 0 Å². The molecule has 1 aliphatic heterocycles. The average molecular weight is 181 g/mol. The Morgan fingerprint density at radius 2 is 2.00 bits per heavy atom. The maximum absolute atomic E-state index is 8.64. The molecule has 0 aromatic rings. The number of nitrogens with two attached hydrogens (primary N) is 1. The molecule has 0 aromatic heterocycles. The SMILES string of the molecule is C[C@@H]1CCC[C@H](C)N1CC(N)C#N. The van der Waals surface area contributed by atoms with Crippen molar-refractivity contribution in [1.29, 1.82) is 5.26 Å². The number of hydrogen-bond donors (Lipinski definition) is 1. The molecule has 1 rings (SSSR count). The minimum Gasteiger partial charge on any atom is -0.315 e. The second kappa shape index (κ2) is 4.59. The summed E-state index contributed by atoms with van der Waals surface area (Å²) in [5.74, 6) is 0. The minimum atomic E-state index is -0.331. The fourth-order valence-electron chi connectivity index (χ4n) is 2.10. The summed E-state index contributed by atoms with van der Waals surface area (Å²) in [6.45, 7) is 5.17.